The average molecular weight is 142 g/mol. The Labute approximate surface area is 63.4 Å². The highest BCUT2D eigenvalue weighted by Gasteiger charge is 2.42. The lowest BCUT2D eigenvalue weighted by Gasteiger charge is -2.23. The van der Waals surface area contributed by atoms with Gasteiger partial charge in [0.05, 0.1) is 6.10 Å². The molecule has 0 radical (unpaired) electrons. The van der Waals surface area contributed by atoms with Gasteiger partial charge in [-0.25, -0.2) is 0 Å². The summed E-state index contributed by atoms with van der Waals surface area (Å²) >= 11 is 0. The second-order valence-electron chi connectivity index (χ2n) is 4.47. The zero-order valence-electron chi connectivity index (χ0n) is 7.39. The van der Waals surface area contributed by atoms with Gasteiger partial charge in [0.2, 0.25) is 0 Å². The molecule has 0 aromatic carbocycles. The third-order valence-corrected chi connectivity index (χ3v) is 3.04. The van der Waals surface area contributed by atoms with Crippen LogP contribution in [0, 0.1) is 17.3 Å². The maximum absolute atomic E-state index is 9.70. The van der Waals surface area contributed by atoms with Crippen LogP contribution >= 0.6 is 0 Å². The fraction of sp³-hybridized carbons (Fsp3) is 1.00. The number of hydrogen-bond donors (Lipinski definition) is 1. The molecule has 1 aliphatic carbocycles. The van der Waals surface area contributed by atoms with Gasteiger partial charge in [-0.1, -0.05) is 27.7 Å². The van der Waals surface area contributed by atoms with Crippen molar-refractivity contribution < 1.29 is 5.11 Å². The minimum Gasteiger partial charge on any atom is -0.392 e. The summed E-state index contributed by atoms with van der Waals surface area (Å²) in [5.74, 6) is 1.17. The van der Waals surface area contributed by atoms with E-state index in [-0.39, 0.29) is 11.5 Å². The Bertz CT molecular complexity index is 129. The summed E-state index contributed by atoms with van der Waals surface area (Å²) in [7, 11) is 0. The van der Waals surface area contributed by atoms with Crippen molar-refractivity contribution >= 4 is 0 Å². The van der Waals surface area contributed by atoms with E-state index in [2.05, 4.69) is 27.7 Å². The molecule has 3 atom stereocenters. The highest BCUT2D eigenvalue weighted by Crippen LogP contribution is 2.44. The topological polar surface area (TPSA) is 20.2 Å². The molecule has 0 bridgehead atoms. The molecular weight excluding hydrogens is 124 g/mol. The Hall–Kier alpha value is -0.0400. The van der Waals surface area contributed by atoms with Gasteiger partial charge in [-0.15, -0.1) is 0 Å². The molecule has 1 fully saturated rings. The van der Waals surface area contributed by atoms with Gasteiger partial charge in [0.15, 0.2) is 0 Å². The van der Waals surface area contributed by atoms with Crippen molar-refractivity contribution in [2.24, 2.45) is 17.3 Å². The highest BCUT2D eigenvalue weighted by atomic mass is 16.3. The largest absolute Gasteiger partial charge is 0.392 e. The molecule has 1 saturated carbocycles. The van der Waals surface area contributed by atoms with Crippen molar-refractivity contribution in [3.05, 3.63) is 0 Å². The highest BCUT2D eigenvalue weighted by molar-refractivity contribution is 4.92. The van der Waals surface area contributed by atoms with Gasteiger partial charge < -0.3 is 5.11 Å². The molecule has 1 heteroatoms. The monoisotopic (exact) mass is 142 g/mol. The quantitative estimate of drug-likeness (QED) is 0.549. The molecular formula is C9H18O. The van der Waals surface area contributed by atoms with Crippen LogP contribution in [0.2, 0.25) is 0 Å². The SMILES string of the molecule is CC1CC(C)(C)C(O)C1C. The van der Waals surface area contributed by atoms with Crippen LogP contribution in [-0.2, 0) is 0 Å². The van der Waals surface area contributed by atoms with Gasteiger partial charge in [-0.2, -0.15) is 0 Å². The lowest BCUT2D eigenvalue weighted by Crippen LogP contribution is -2.26. The molecule has 1 N–H and O–H groups in total. The lowest BCUT2D eigenvalue weighted by atomic mass is 9.88. The molecule has 1 rings (SSSR count). The average Bonchev–Trinajstić information content (AvgIpc) is 1.95. The van der Waals surface area contributed by atoms with Gasteiger partial charge in [0.25, 0.3) is 0 Å². The fourth-order valence-electron chi connectivity index (χ4n) is 2.16. The molecule has 10 heavy (non-hydrogen) atoms. The Balaban J connectivity index is 2.71. The first-order valence-electron chi connectivity index (χ1n) is 4.13. The van der Waals surface area contributed by atoms with E-state index in [1.807, 2.05) is 0 Å². The standard InChI is InChI=1S/C9H18O/c1-6-5-9(3,4)8(10)7(6)2/h6-8,10H,5H2,1-4H3. The fourth-order valence-corrected chi connectivity index (χ4v) is 2.16. The summed E-state index contributed by atoms with van der Waals surface area (Å²) < 4.78 is 0. The smallest absolute Gasteiger partial charge is 0.0619 e. The van der Waals surface area contributed by atoms with Gasteiger partial charge in [-0.05, 0) is 23.7 Å². The Morgan fingerprint density at radius 3 is 1.90 bits per heavy atom. The van der Waals surface area contributed by atoms with Gasteiger partial charge >= 0.3 is 0 Å². The zero-order chi connectivity index (χ0) is 7.94. The van der Waals surface area contributed by atoms with E-state index < -0.39 is 0 Å². The van der Waals surface area contributed by atoms with Crippen LogP contribution in [0.15, 0.2) is 0 Å². The van der Waals surface area contributed by atoms with Crippen molar-refractivity contribution in [2.45, 2.75) is 40.2 Å². The maximum Gasteiger partial charge on any atom is 0.0619 e. The van der Waals surface area contributed by atoms with Crippen LogP contribution in [0.3, 0.4) is 0 Å². The van der Waals surface area contributed by atoms with Gasteiger partial charge in [-0.3, -0.25) is 0 Å². The summed E-state index contributed by atoms with van der Waals surface area (Å²) in [4.78, 5) is 0. The number of aliphatic hydroxyl groups excluding tert-OH is 1. The summed E-state index contributed by atoms with van der Waals surface area (Å²) in [5.41, 5.74) is 0.152. The van der Waals surface area contributed by atoms with E-state index in [9.17, 15) is 5.11 Å². The van der Waals surface area contributed by atoms with Gasteiger partial charge in [0, 0.05) is 0 Å². The summed E-state index contributed by atoms with van der Waals surface area (Å²) in [5, 5.41) is 9.70. The van der Waals surface area contributed by atoms with Gasteiger partial charge in [0.1, 0.15) is 0 Å². The molecule has 0 heterocycles. The predicted molar refractivity (Wildman–Crippen MR) is 42.7 cm³/mol. The Morgan fingerprint density at radius 2 is 1.80 bits per heavy atom. The Morgan fingerprint density at radius 1 is 1.30 bits per heavy atom. The third kappa shape index (κ3) is 1.07. The minimum absolute atomic E-state index is 0.0949. The van der Waals surface area contributed by atoms with Crippen LogP contribution in [0.1, 0.15) is 34.1 Å². The Kier molecular flexibility index (Phi) is 1.80. The molecule has 1 aliphatic rings. The minimum atomic E-state index is -0.0949. The molecule has 0 aliphatic heterocycles. The molecule has 0 spiro atoms. The maximum atomic E-state index is 9.70. The van der Waals surface area contributed by atoms with E-state index in [4.69, 9.17) is 0 Å². The predicted octanol–water partition coefficient (Wildman–Crippen LogP) is 2.05. The van der Waals surface area contributed by atoms with E-state index >= 15 is 0 Å². The second kappa shape index (κ2) is 2.23. The normalized spacial score (nSPS) is 45.9. The van der Waals surface area contributed by atoms with E-state index in [1.165, 1.54) is 0 Å². The molecule has 0 amide bonds. The van der Waals surface area contributed by atoms with Crippen molar-refractivity contribution in [1.29, 1.82) is 0 Å². The number of rotatable bonds is 0. The van der Waals surface area contributed by atoms with Crippen LogP contribution in [-0.4, -0.2) is 11.2 Å². The van der Waals surface area contributed by atoms with Crippen LogP contribution in [0.5, 0.6) is 0 Å². The van der Waals surface area contributed by atoms with Crippen molar-refractivity contribution in [1.82, 2.24) is 0 Å². The van der Waals surface area contributed by atoms with Crippen LogP contribution in [0.4, 0.5) is 0 Å². The van der Waals surface area contributed by atoms with E-state index in [0.29, 0.717) is 11.8 Å². The van der Waals surface area contributed by atoms with Crippen molar-refractivity contribution in [3.63, 3.8) is 0 Å². The first-order chi connectivity index (χ1) is 4.45. The molecule has 0 saturated heterocycles. The first-order valence-corrected chi connectivity index (χ1v) is 4.13. The third-order valence-electron chi connectivity index (χ3n) is 3.04. The zero-order valence-corrected chi connectivity index (χ0v) is 7.39. The molecule has 60 valence electrons. The summed E-state index contributed by atoms with van der Waals surface area (Å²) in [6.07, 6.45) is 1.07. The molecule has 3 unspecified atom stereocenters. The van der Waals surface area contributed by atoms with Crippen molar-refractivity contribution in [3.8, 4) is 0 Å². The van der Waals surface area contributed by atoms with E-state index in [1.54, 1.807) is 0 Å². The summed E-state index contributed by atoms with van der Waals surface area (Å²) in [6.45, 7) is 8.67. The summed E-state index contributed by atoms with van der Waals surface area (Å²) in [6, 6.07) is 0. The first kappa shape index (κ1) is 8.06. The number of aliphatic hydroxyl groups is 1. The van der Waals surface area contributed by atoms with Crippen LogP contribution < -0.4 is 0 Å². The lowest BCUT2D eigenvalue weighted by molar-refractivity contribution is 0.0494. The number of hydrogen-bond acceptors (Lipinski definition) is 1. The second-order valence-corrected chi connectivity index (χ2v) is 4.47. The molecule has 1 nitrogen and oxygen atoms in total. The van der Waals surface area contributed by atoms with Crippen molar-refractivity contribution in [2.75, 3.05) is 0 Å². The molecule has 0 aromatic rings. The van der Waals surface area contributed by atoms with E-state index in [0.717, 1.165) is 6.42 Å². The molecule has 0 aromatic heterocycles. The van der Waals surface area contributed by atoms with Crippen LogP contribution in [0.25, 0.3) is 0 Å².